The van der Waals surface area contributed by atoms with Crippen molar-refractivity contribution in [3.05, 3.63) is 47.4 Å². The lowest BCUT2D eigenvalue weighted by Crippen LogP contribution is -2.26. The van der Waals surface area contributed by atoms with Crippen LogP contribution in [0.3, 0.4) is 0 Å². The van der Waals surface area contributed by atoms with E-state index >= 15 is 0 Å². The summed E-state index contributed by atoms with van der Waals surface area (Å²) in [6, 6.07) is 6.67. The number of carbonyl (C=O) groups is 1. The maximum atomic E-state index is 12.4. The second kappa shape index (κ2) is 4.87. The molecule has 1 heterocycles. The Morgan fingerprint density at radius 1 is 1.42 bits per heavy atom. The highest BCUT2D eigenvalue weighted by molar-refractivity contribution is 5.71. The molecule has 102 valence electrons. The van der Waals surface area contributed by atoms with Gasteiger partial charge in [0.25, 0.3) is 0 Å². The molecular formula is C13H12F2O4. The van der Waals surface area contributed by atoms with E-state index in [9.17, 15) is 13.6 Å². The van der Waals surface area contributed by atoms with Crippen LogP contribution in [0, 0.1) is 0 Å². The summed E-state index contributed by atoms with van der Waals surface area (Å²) >= 11 is 0. The Kier molecular flexibility index (Phi) is 3.42. The number of carboxylic acid groups (broad SMARTS) is 1. The summed E-state index contributed by atoms with van der Waals surface area (Å²) in [6.45, 7) is 1.50. The van der Waals surface area contributed by atoms with Gasteiger partial charge in [0.15, 0.2) is 5.60 Å². The normalized spacial score (nSPS) is 21.7. The van der Waals surface area contributed by atoms with Crippen LogP contribution in [0.25, 0.3) is 0 Å². The van der Waals surface area contributed by atoms with Crippen LogP contribution in [-0.4, -0.2) is 17.7 Å². The van der Waals surface area contributed by atoms with Crippen molar-refractivity contribution >= 4 is 5.97 Å². The highest BCUT2D eigenvalue weighted by Gasteiger charge is 2.40. The molecule has 19 heavy (non-hydrogen) atoms. The van der Waals surface area contributed by atoms with Crippen LogP contribution in [-0.2, 0) is 26.3 Å². The van der Waals surface area contributed by atoms with Crippen LogP contribution in [0.4, 0.5) is 8.78 Å². The molecule has 1 aliphatic rings. The van der Waals surface area contributed by atoms with Gasteiger partial charge in [-0.15, -0.1) is 0 Å². The van der Waals surface area contributed by atoms with Crippen molar-refractivity contribution in [2.75, 3.05) is 6.61 Å². The topological polar surface area (TPSA) is 55.8 Å². The summed E-state index contributed by atoms with van der Waals surface area (Å²) in [7, 11) is 0. The molecule has 0 spiro atoms. The number of ether oxygens (including phenoxy) is 2. The molecule has 1 unspecified atom stereocenters. The fourth-order valence-corrected chi connectivity index (χ4v) is 2.05. The van der Waals surface area contributed by atoms with E-state index in [-0.39, 0.29) is 13.0 Å². The molecule has 1 N–H and O–H groups in total. The molecule has 1 saturated heterocycles. The monoisotopic (exact) mass is 270 g/mol. The first-order valence-corrected chi connectivity index (χ1v) is 5.59. The summed E-state index contributed by atoms with van der Waals surface area (Å²) in [5.41, 5.74) is -0.0552. The third-order valence-corrected chi connectivity index (χ3v) is 2.88. The molecule has 1 fully saturated rings. The first-order chi connectivity index (χ1) is 8.92. The second-order valence-electron chi connectivity index (χ2n) is 4.40. The van der Waals surface area contributed by atoms with E-state index in [2.05, 4.69) is 0 Å². The fraction of sp³-hybridized carbons (Fsp3) is 0.308. The number of rotatable bonds is 3. The lowest BCUT2D eigenvalue weighted by molar-refractivity contribution is -0.136. The first kappa shape index (κ1) is 13.3. The zero-order valence-electron chi connectivity index (χ0n) is 10.2. The van der Waals surface area contributed by atoms with Crippen LogP contribution in [0.5, 0.6) is 0 Å². The highest BCUT2D eigenvalue weighted by Crippen LogP contribution is 2.38. The maximum absolute atomic E-state index is 12.4. The minimum absolute atomic E-state index is 0.0870. The van der Waals surface area contributed by atoms with Crippen LogP contribution >= 0.6 is 0 Å². The van der Waals surface area contributed by atoms with Crippen molar-refractivity contribution in [2.24, 2.45) is 0 Å². The molecule has 0 amide bonds. The third kappa shape index (κ3) is 2.67. The third-order valence-electron chi connectivity index (χ3n) is 2.88. The number of hydrogen-bond donors (Lipinski definition) is 1. The Morgan fingerprint density at radius 2 is 2.11 bits per heavy atom. The highest BCUT2D eigenvalue weighted by atomic mass is 19.3. The standard InChI is InChI=1S/C13H12F2O4/c1-13(7-18-12(19-13)11(14)15)9-5-3-2-4-8(9)6-10(16)17/h2-5H,6-7H2,1H3,(H,16,17). The van der Waals surface area contributed by atoms with Crippen molar-refractivity contribution in [1.82, 2.24) is 0 Å². The molecule has 1 aromatic carbocycles. The molecule has 6 heteroatoms. The Morgan fingerprint density at radius 3 is 2.68 bits per heavy atom. The number of halogens is 2. The van der Waals surface area contributed by atoms with E-state index in [1.165, 1.54) is 0 Å². The van der Waals surface area contributed by atoms with Gasteiger partial charge in [-0.3, -0.25) is 4.79 Å². The summed E-state index contributed by atoms with van der Waals surface area (Å²) < 4.78 is 34.8. The number of benzene rings is 1. The largest absolute Gasteiger partial charge is 0.481 e. The van der Waals surface area contributed by atoms with Gasteiger partial charge in [-0.1, -0.05) is 24.3 Å². The molecule has 0 radical (unpaired) electrons. The van der Waals surface area contributed by atoms with Gasteiger partial charge >= 0.3 is 18.0 Å². The fourth-order valence-electron chi connectivity index (χ4n) is 2.05. The minimum Gasteiger partial charge on any atom is -0.481 e. The Labute approximate surface area is 108 Å². The number of aliphatic carboxylic acids is 1. The van der Waals surface area contributed by atoms with Crippen molar-refractivity contribution < 1.29 is 28.2 Å². The van der Waals surface area contributed by atoms with Gasteiger partial charge in [0.05, 0.1) is 6.42 Å². The van der Waals surface area contributed by atoms with E-state index in [0.717, 1.165) is 0 Å². The van der Waals surface area contributed by atoms with E-state index < -0.39 is 23.6 Å². The van der Waals surface area contributed by atoms with Gasteiger partial charge in [0.1, 0.15) is 6.61 Å². The average molecular weight is 270 g/mol. The van der Waals surface area contributed by atoms with Crippen molar-refractivity contribution in [3.63, 3.8) is 0 Å². The van der Waals surface area contributed by atoms with Crippen LogP contribution in [0.1, 0.15) is 18.1 Å². The molecule has 4 nitrogen and oxygen atoms in total. The minimum atomic E-state index is -2.03. The van der Waals surface area contributed by atoms with Gasteiger partial charge in [-0.2, -0.15) is 8.78 Å². The summed E-state index contributed by atoms with van der Waals surface area (Å²) in [5.74, 6) is -1.80. The SMILES string of the molecule is CC1(c2ccccc2CC(=O)O)COC(=C(F)F)O1. The predicted molar refractivity (Wildman–Crippen MR) is 61.4 cm³/mol. The molecule has 2 rings (SSSR count). The molecule has 0 aromatic heterocycles. The van der Waals surface area contributed by atoms with Gasteiger partial charge < -0.3 is 14.6 Å². The van der Waals surface area contributed by atoms with Crippen molar-refractivity contribution in [3.8, 4) is 0 Å². The quantitative estimate of drug-likeness (QED) is 0.917. The van der Waals surface area contributed by atoms with Gasteiger partial charge in [0, 0.05) is 5.56 Å². The molecular weight excluding hydrogens is 258 g/mol. The molecule has 1 atom stereocenters. The zero-order valence-corrected chi connectivity index (χ0v) is 10.2. The Hall–Kier alpha value is -2.11. The van der Waals surface area contributed by atoms with Crippen molar-refractivity contribution in [2.45, 2.75) is 18.9 Å². The molecule has 1 aliphatic heterocycles. The van der Waals surface area contributed by atoms with E-state index in [1.54, 1.807) is 31.2 Å². The number of hydrogen-bond acceptors (Lipinski definition) is 3. The average Bonchev–Trinajstić information content (AvgIpc) is 2.73. The molecule has 0 aliphatic carbocycles. The lowest BCUT2D eigenvalue weighted by atomic mass is 9.91. The Balaban J connectivity index is 2.37. The summed E-state index contributed by atoms with van der Waals surface area (Å²) in [5, 5.41) is 8.86. The van der Waals surface area contributed by atoms with Crippen LogP contribution in [0.2, 0.25) is 0 Å². The molecule has 0 bridgehead atoms. The second-order valence-corrected chi connectivity index (χ2v) is 4.40. The van der Waals surface area contributed by atoms with E-state index in [1.807, 2.05) is 0 Å². The van der Waals surface area contributed by atoms with Crippen LogP contribution in [0.15, 0.2) is 36.3 Å². The molecule has 1 aromatic rings. The Bertz CT molecular complexity index is 537. The van der Waals surface area contributed by atoms with E-state index in [0.29, 0.717) is 11.1 Å². The predicted octanol–water partition coefficient (Wildman–Crippen LogP) is 2.64. The summed E-state index contributed by atoms with van der Waals surface area (Å²) in [4.78, 5) is 10.8. The lowest BCUT2D eigenvalue weighted by Gasteiger charge is -2.23. The first-order valence-electron chi connectivity index (χ1n) is 5.59. The van der Waals surface area contributed by atoms with Crippen LogP contribution < -0.4 is 0 Å². The zero-order chi connectivity index (χ0) is 14.0. The number of carboxylic acids is 1. The molecule has 0 saturated carbocycles. The van der Waals surface area contributed by atoms with Crippen molar-refractivity contribution in [1.29, 1.82) is 0 Å². The van der Waals surface area contributed by atoms with Gasteiger partial charge in [-0.05, 0) is 12.5 Å². The van der Waals surface area contributed by atoms with E-state index in [4.69, 9.17) is 14.6 Å². The summed E-state index contributed by atoms with van der Waals surface area (Å²) in [6.07, 6.45) is -2.23. The maximum Gasteiger partial charge on any atom is 0.350 e. The van der Waals surface area contributed by atoms with Gasteiger partial charge in [0.2, 0.25) is 0 Å². The van der Waals surface area contributed by atoms with Gasteiger partial charge in [-0.25, -0.2) is 0 Å². The smallest absolute Gasteiger partial charge is 0.350 e.